The molecule has 4 aliphatic heterocycles. The standard InChI is InChI=1S/C28H33FN4O5SSi.C24H21FN4O5S/c1-40(2,3)9-8-35-15-33-21-10-18(29)25(17-6-4-16(5-7-17)20-14-39-28(30)32-20)31-19(21)11-24(33)38-23-13-37-26-22(34)12-36-27(23)26;1-11(30)26-24-29-17(10-35-24)12-2-4-13(5-3-12)21-14(25)6-15-16(28-21)7-20(27-15)34-19-9-33-22-18(31)8-32-23(19)22/h4-7,10-11,14,22-23,26-27,34H,8-9,12-13,15H2,1-3H3,(H2,30,32);2-7,10,18-19,22-23,27,31H,8-9H2,1H3,(H,26,29,30)/t22-,23-,26-,27-;18-,19-,22-,23-/m11/s1. The molecule has 12 rings (SSSR count). The van der Waals surface area contributed by atoms with Crippen LogP contribution >= 0.6 is 22.7 Å². The number of nitrogens with zero attached hydrogens (tertiary/aromatic N) is 5. The number of nitrogens with two attached hydrogens (primary N) is 1. The summed E-state index contributed by atoms with van der Waals surface area (Å²) in [5, 5.41) is 27.4. The number of nitrogen functional groups attached to an aromatic ring is 1. The van der Waals surface area contributed by atoms with E-state index in [4.69, 9.17) is 43.9 Å². The number of hydrogen-bond donors (Lipinski definition) is 5. The molecule has 0 bridgehead atoms. The van der Waals surface area contributed by atoms with Crippen molar-refractivity contribution < 1.29 is 56.9 Å². The van der Waals surface area contributed by atoms with Crippen LogP contribution in [-0.4, -0.2) is 136 Å². The predicted molar refractivity (Wildman–Crippen MR) is 281 cm³/mol. The SMILES string of the molecule is CC(=O)Nc1nc(-c2ccc(-c3nc4cc(O[C@@H]5CO[C@H]6[C@@H]5OC[C@H]6O)[nH]c4cc3F)cc2)cs1.C[Si](C)(C)CCOCn1c(O[C@@H]2CO[C@H]3[C@@H]2OC[C@H]3O)cc2nc(-c3ccc(-c4csc(N)n4)cc3)c(F)cc21. The zero-order valence-electron chi connectivity index (χ0n) is 41.2. The number of pyridine rings is 2. The molecule has 6 N–H and O–H groups in total. The van der Waals surface area contributed by atoms with Gasteiger partial charge in [-0.15, -0.1) is 22.7 Å². The molecule has 0 spiro atoms. The van der Waals surface area contributed by atoms with Crippen LogP contribution in [0.1, 0.15) is 6.92 Å². The largest absolute Gasteiger partial charge is 0.470 e. The van der Waals surface area contributed by atoms with E-state index < -0.39 is 50.2 Å². The molecule has 8 atom stereocenters. The molecule has 23 heteroatoms. The number of fused-ring (bicyclic) bond motifs is 4. The summed E-state index contributed by atoms with van der Waals surface area (Å²) in [6.45, 7) is 10.1. The van der Waals surface area contributed by atoms with E-state index in [-0.39, 0.29) is 62.2 Å². The van der Waals surface area contributed by atoms with E-state index in [1.807, 2.05) is 47.2 Å². The maximum absolute atomic E-state index is 15.5. The summed E-state index contributed by atoms with van der Waals surface area (Å²) in [6, 6.07) is 22.1. The third kappa shape index (κ3) is 10.9. The Morgan fingerprint density at radius 2 is 1.31 bits per heavy atom. The molecule has 75 heavy (non-hydrogen) atoms. The Hall–Kier alpha value is -6.25. The number of aromatic amines is 1. The molecule has 18 nitrogen and oxygen atoms in total. The van der Waals surface area contributed by atoms with Gasteiger partial charge in [0.1, 0.15) is 54.7 Å². The lowest BCUT2D eigenvalue weighted by molar-refractivity contribution is -0.114. The Labute approximate surface area is 437 Å². The maximum atomic E-state index is 15.5. The smallest absolute Gasteiger partial charge is 0.223 e. The fourth-order valence-corrected chi connectivity index (χ4v) is 11.5. The molecule has 8 aromatic rings. The van der Waals surface area contributed by atoms with Gasteiger partial charge in [0.2, 0.25) is 5.91 Å². The van der Waals surface area contributed by atoms with Crippen LogP contribution in [0.25, 0.3) is 67.1 Å². The highest BCUT2D eigenvalue weighted by atomic mass is 32.1. The number of carbonyl (C=O) groups excluding carboxylic acids is 1. The fraction of sp³-hybridized carbons (Fsp3) is 0.365. The summed E-state index contributed by atoms with van der Waals surface area (Å²) in [5.41, 5.74) is 13.0. The van der Waals surface area contributed by atoms with Gasteiger partial charge >= 0.3 is 0 Å². The number of halogens is 2. The minimum Gasteiger partial charge on any atom is -0.470 e. The number of hydrogen-bond acceptors (Lipinski definition) is 17. The molecule has 2 aromatic carbocycles. The third-order valence-electron chi connectivity index (χ3n) is 13.3. The normalized spacial score (nSPS) is 23.1. The topological polar surface area (TPSA) is 232 Å². The lowest BCUT2D eigenvalue weighted by Gasteiger charge is -2.20. The molecule has 392 valence electrons. The number of aliphatic hydroxyl groups excluding tert-OH is 2. The van der Waals surface area contributed by atoms with Crippen molar-refractivity contribution in [3.05, 3.63) is 95.2 Å². The number of benzene rings is 2. The summed E-state index contributed by atoms with van der Waals surface area (Å²) < 4.78 is 73.3. The zero-order chi connectivity index (χ0) is 52.1. The minimum atomic E-state index is -1.28. The van der Waals surface area contributed by atoms with Gasteiger partial charge in [0, 0.05) is 78.9 Å². The molecule has 0 saturated carbocycles. The summed E-state index contributed by atoms with van der Waals surface area (Å²) in [7, 11) is -1.28. The molecular formula is C52H54F2N8O10S2Si. The van der Waals surface area contributed by atoms with Crippen molar-refractivity contribution in [1.29, 1.82) is 0 Å². The summed E-state index contributed by atoms with van der Waals surface area (Å²) >= 11 is 2.71. The Morgan fingerprint density at radius 3 is 1.91 bits per heavy atom. The van der Waals surface area contributed by atoms with E-state index >= 15 is 4.39 Å². The van der Waals surface area contributed by atoms with E-state index in [0.29, 0.717) is 68.4 Å². The van der Waals surface area contributed by atoms with Gasteiger partial charge in [-0.3, -0.25) is 9.36 Å². The van der Waals surface area contributed by atoms with Crippen molar-refractivity contribution in [2.45, 2.75) is 88.2 Å². The first-order valence-corrected chi connectivity index (χ1v) is 29.9. The van der Waals surface area contributed by atoms with Gasteiger partial charge in [-0.05, 0) is 6.04 Å². The van der Waals surface area contributed by atoms with Crippen molar-refractivity contribution in [3.8, 4) is 56.8 Å². The van der Waals surface area contributed by atoms with Gasteiger partial charge in [0.05, 0.1) is 59.9 Å². The van der Waals surface area contributed by atoms with Crippen LogP contribution in [0.2, 0.25) is 25.7 Å². The number of aromatic nitrogens is 6. The molecule has 0 aliphatic carbocycles. The first kappa shape index (κ1) is 50.9. The molecular weight excluding hydrogens is 1030 g/mol. The van der Waals surface area contributed by atoms with Crippen LogP contribution in [0, 0.1) is 11.6 Å². The van der Waals surface area contributed by atoms with E-state index in [0.717, 1.165) is 28.6 Å². The van der Waals surface area contributed by atoms with Gasteiger partial charge < -0.3 is 59.4 Å². The number of carbonyl (C=O) groups is 1. The second-order valence-corrected chi connectivity index (χ2v) is 27.3. The number of anilines is 2. The van der Waals surface area contributed by atoms with Crippen LogP contribution in [0.3, 0.4) is 0 Å². The van der Waals surface area contributed by atoms with Gasteiger partial charge in [0.15, 0.2) is 45.9 Å². The Morgan fingerprint density at radius 1 is 0.747 bits per heavy atom. The first-order chi connectivity index (χ1) is 36.1. The van der Waals surface area contributed by atoms with Crippen LogP contribution < -0.4 is 20.5 Å². The van der Waals surface area contributed by atoms with Crippen molar-refractivity contribution in [1.82, 2.24) is 29.5 Å². The number of ether oxygens (including phenoxy) is 7. The van der Waals surface area contributed by atoms with Crippen LogP contribution in [0.4, 0.5) is 19.0 Å². The fourth-order valence-electron chi connectivity index (χ4n) is 9.41. The highest BCUT2D eigenvalue weighted by Crippen LogP contribution is 2.37. The third-order valence-corrected chi connectivity index (χ3v) is 16.4. The number of amides is 1. The van der Waals surface area contributed by atoms with E-state index in [9.17, 15) is 19.4 Å². The molecule has 6 aromatic heterocycles. The molecule has 1 amide bonds. The average Bonchev–Trinajstić information content (AvgIpc) is 4.26. The predicted octanol–water partition coefficient (Wildman–Crippen LogP) is 8.12. The quantitative estimate of drug-likeness (QED) is 0.0511. The number of rotatable bonds is 14. The van der Waals surface area contributed by atoms with E-state index in [2.05, 4.69) is 44.9 Å². The lowest BCUT2D eigenvalue weighted by atomic mass is 10.1. The van der Waals surface area contributed by atoms with Crippen molar-refractivity contribution in [3.63, 3.8) is 0 Å². The average molecular weight is 1080 g/mol. The summed E-state index contributed by atoms with van der Waals surface area (Å²) in [4.78, 5) is 32.2. The summed E-state index contributed by atoms with van der Waals surface area (Å²) in [5.74, 6) is -0.174. The molecule has 10 heterocycles. The van der Waals surface area contributed by atoms with Crippen LogP contribution in [0.5, 0.6) is 11.8 Å². The highest BCUT2D eigenvalue weighted by molar-refractivity contribution is 7.14. The maximum Gasteiger partial charge on any atom is 0.223 e. The summed E-state index contributed by atoms with van der Waals surface area (Å²) in [6.07, 6.45) is -3.65. The monoisotopic (exact) mass is 1080 g/mol. The van der Waals surface area contributed by atoms with Crippen molar-refractivity contribution >= 4 is 69.0 Å². The molecule has 4 saturated heterocycles. The zero-order valence-corrected chi connectivity index (χ0v) is 43.8. The molecule has 4 aliphatic rings. The Kier molecular flexibility index (Phi) is 14.3. The lowest BCUT2D eigenvalue weighted by Crippen LogP contribution is -2.35. The molecule has 4 fully saturated rings. The van der Waals surface area contributed by atoms with Gasteiger partial charge in [-0.1, -0.05) is 68.2 Å². The van der Waals surface area contributed by atoms with Crippen molar-refractivity contribution in [2.24, 2.45) is 0 Å². The second-order valence-electron chi connectivity index (χ2n) is 20.0. The minimum absolute atomic E-state index is 0.178. The van der Waals surface area contributed by atoms with Crippen molar-refractivity contribution in [2.75, 3.05) is 44.1 Å². The number of thiazole rings is 2. The van der Waals surface area contributed by atoms with E-state index in [1.165, 1.54) is 41.7 Å². The number of nitrogens with one attached hydrogen (secondary N) is 2. The Balaban J connectivity index is 0.000000162. The number of aliphatic hydroxyl groups is 2. The number of H-pyrrole nitrogens is 1. The first-order valence-electron chi connectivity index (χ1n) is 24.4. The second kappa shape index (κ2) is 21.0. The van der Waals surface area contributed by atoms with Gasteiger partial charge in [-0.2, -0.15) is 0 Å². The van der Waals surface area contributed by atoms with Gasteiger partial charge in [0.25, 0.3) is 0 Å². The molecule has 0 radical (unpaired) electrons. The van der Waals surface area contributed by atoms with Gasteiger partial charge in [-0.25, -0.2) is 28.7 Å². The van der Waals surface area contributed by atoms with Crippen LogP contribution in [-0.2, 0) is 35.2 Å². The highest BCUT2D eigenvalue weighted by Gasteiger charge is 2.50. The Bertz CT molecular complexity index is 3350. The van der Waals surface area contributed by atoms with E-state index in [1.54, 1.807) is 28.8 Å². The molecule has 0 unspecified atom stereocenters. The van der Waals surface area contributed by atoms with Crippen LogP contribution in [0.15, 0.2) is 83.6 Å².